The van der Waals surface area contributed by atoms with Crippen LogP contribution >= 0.6 is 0 Å². The molecule has 1 saturated carbocycles. The van der Waals surface area contributed by atoms with Crippen molar-refractivity contribution in [2.45, 2.75) is 57.4 Å². The van der Waals surface area contributed by atoms with E-state index in [4.69, 9.17) is 0 Å². The molecule has 0 radical (unpaired) electrons. The molecule has 2 aliphatic rings. The van der Waals surface area contributed by atoms with Gasteiger partial charge in [0, 0.05) is 31.8 Å². The molecule has 0 unspecified atom stereocenters. The molecule has 2 atom stereocenters. The third-order valence-corrected chi connectivity index (χ3v) is 5.31. The fraction of sp³-hybridized carbons (Fsp3) is 0.550. The van der Waals surface area contributed by atoms with Gasteiger partial charge in [-0.15, -0.1) is 0 Å². The van der Waals surface area contributed by atoms with Crippen LogP contribution in [-0.2, 0) is 20.8 Å². The van der Waals surface area contributed by atoms with Crippen LogP contribution in [0.3, 0.4) is 0 Å². The van der Waals surface area contributed by atoms with E-state index in [0.29, 0.717) is 5.92 Å². The summed E-state index contributed by atoms with van der Waals surface area (Å²) in [5.41, 5.74) is 1.31. The third kappa shape index (κ3) is 4.68. The molecule has 3 amide bonds. The minimum absolute atomic E-state index is 0.0579. The Bertz CT molecular complexity index is 613. The van der Waals surface area contributed by atoms with Crippen molar-refractivity contribution >= 4 is 17.7 Å². The topological polar surface area (TPSA) is 66.5 Å². The van der Waals surface area contributed by atoms with Crippen molar-refractivity contribution in [2.75, 3.05) is 6.54 Å². The number of rotatable bonds is 6. The molecule has 5 nitrogen and oxygen atoms in total. The Morgan fingerprint density at radius 2 is 1.72 bits per heavy atom. The summed E-state index contributed by atoms with van der Waals surface area (Å²) in [5.74, 6) is 0.0856. The number of carbonyl (C=O) groups is 3. The van der Waals surface area contributed by atoms with Gasteiger partial charge in [-0.05, 0) is 30.7 Å². The highest BCUT2D eigenvalue weighted by molar-refractivity contribution is 6.02. The lowest BCUT2D eigenvalue weighted by molar-refractivity contribution is -0.138. The lowest BCUT2D eigenvalue weighted by Gasteiger charge is -2.32. The van der Waals surface area contributed by atoms with E-state index in [9.17, 15) is 14.4 Å². The van der Waals surface area contributed by atoms with Gasteiger partial charge in [0.05, 0.1) is 0 Å². The van der Waals surface area contributed by atoms with Crippen molar-refractivity contribution < 1.29 is 14.4 Å². The molecule has 1 aromatic carbocycles. The Hall–Kier alpha value is -2.17. The number of benzene rings is 1. The lowest BCUT2D eigenvalue weighted by atomic mass is 9.80. The van der Waals surface area contributed by atoms with Crippen LogP contribution in [0, 0.1) is 5.92 Å². The zero-order chi connectivity index (χ0) is 17.6. The molecular weight excluding hydrogens is 316 g/mol. The molecule has 1 saturated heterocycles. The van der Waals surface area contributed by atoms with E-state index < -0.39 is 0 Å². The Labute approximate surface area is 148 Å². The van der Waals surface area contributed by atoms with E-state index in [1.165, 1.54) is 16.9 Å². The molecule has 1 aromatic rings. The van der Waals surface area contributed by atoms with E-state index >= 15 is 0 Å². The number of nitrogens with zero attached hydrogens (tertiary/aromatic N) is 1. The van der Waals surface area contributed by atoms with Gasteiger partial charge in [0.1, 0.15) is 0 Å². The van der Waals surface area contributed by atoms with E-state index in [0.717, 1.165) is 25.7 Å². The highest BCUT2D eigenvalue weighted by Crippen LogP contribution is 2.27. The molecule has 1 heterocycles. The van der Waals surface area contributed by atoms with Crippen molar-refractivity contribution in [1.29, 1.82) is 0 Å². The van der Waals surface area contributed by atoms with Crippen molar-refractivity contribution in [3.8, 4) is 0 Å². The highest BCUT2D eigenvalue weighted by atomic mass is 16.2. The largest absolute Gasteiger partial charge is 0.353 e. The first kappa shape index (κ1) is 17.6. The van der Waals surface area contributed by atoms with Gasteiger partial charge < -0.3 is 5.32 Å². The Morgan fingerprint density at radius 3 is 2.44 bits per heavy atom. The van der Waals surface area contributed by atoms with Crippen LogP contribution in [-0.4, -0.2) is 35.2 Å². The van der Waals surface area contributed by atoms with Crippen LogP contribution in [0.15, 0.2) is 30.3 Å². The number of nitrogens with one attached hydrogen (secondary N) is 1. The van der Waals surface area contributed by atoms with Crippen molar-refractivity contribution in [3.05, 3.63) is 35.9 Å². The summed E-state index contributed by atoms with van der Waals surface area (Å²) in [6.45, 7) is 0.208. The molecule has 1 aliphatic carbocycles. The molecule has 25 heavy (non-hydrogen) atoms. The molecular formula is C20H26N2O3. The molecule has 134 valence electrons. The van der Waals surface area contributed by atoms with Crippen molar-refractivity contribution in [3.63, 3.8) is 0 Å². The van der Waals surface area contributed by atoms with E-state index in [1.54, 1.807) is 0 Å². The molecule has 5 heteroatoms. The number of amides is 3. The second-order valence-electron chi connectivity index (χ2n) is 7.10. The summed E-state index contributed by atoms with van der Waals surface area (Å²) in [6, 6.07) is 10.6. The van der Waals surface area contributed by atoms with Gasteiger partial charge in [0.2, 0.25) is 17.7 Å². The number of hydrogen-bond donors (Lipinski definition) is 1. The van der Waals surface area contributed by atoms with Gasteiger partial charge in [-0.25, -0.2) is 0 Å². The number of carbonyl (C=O) groups excluding carboxylic acids is 3. The number of imide groups is 1. The predicted octanol–water partition coefficient (Wildman–Crippen LogP) is 2.44. The first-order chi connectivity index (χ1) is 12.1. The minimum Gasteiger partial charge on any atom is -0.353 e. The van der Waals surface area contributed by atoms with Gasteiger partial charge >= 0.3 is 0 Å². The molecule has 0 spiro atoms. The second kappa shape index (κ2) is 8.28. The zero-order valence-corrected chi connectivity index (χ0v) is 14.6. The fourth-order valence-corrected chi connectivity index (χ4v) is 3.92. The Morgan fingerprint density at radius 1 is 1.04 bits per heavy atom. The summed E-state index contributed by atoms with van der Waals surface area (Å²) in [4.78, 5) is 36.8. The molecule has 0 aromatic heterocycles. The Balaban J connectivity index is 1.51. The smallest absolute Gasteiger partial charge is 0.229 e. The number of hydrogen-bond acceptors (Lipinski definition) is 3. The van der Waals surface area contributed by atoms with E-state index in [1.807, 2.05) is 6.07 Å². The van der Waals surface area contributed by atoms with Crippen LogP contribution in [0.4, 0.5) is 0 Å². The minimum atomic E-state index is -0.155. The van der Waals surface area contributed by atoms with Crippen LogP contribution in [0.1, 0.15) is 50.5 Å². The summed E-state index contributed by atoms with van der Waals surface area (Å²) in [6.07, 6.45) is 6.22. The predicted molar refractivity (Wildman–Crippen MR) is 94.6 cm³/mol. The van der Waals surface area contributed by atoms with Gasteiger partial charge in [-0.3, -0.25) is 19.3 Å². The molecule has 0 bridgehead atoms. The van der Waals surface area contributed by atoms with Crippen LogP contribution in [0.5, 0.6) is 0 Å². The van der Waals surface area contributed by atoms with Gasteiger partial charge in [-0.1, -0.05) is 43.2 Å². The average molecular weight is 342 g/mol. The Kier molecular flexibility index (Phi) is 5.84. The third-order valence-electron chi connectivity index (χ3n) is 5.31. The first-order valence-electron chi connectivity index (χ1n) is 9.30. The molecule has 1 aliphatic heterocycles. The van der Waals surface area contributed by atoms with Crippen molar-refractivity contribution in [1.82, 2.24) is 10.2 Å². The maximum Gasteiger partial charge on any atom is 0.229 e. The van der Waals surface area contributed by atoms with Gasteiger partial charge in [0.15, 0.2) is 0 Å². The summed E-state index contributed by atoms with van der Waals surface area (Å²) >= 11 is 0. The summed E-state index contributed by atoms with van der Waals surface area (Å²) in [7, 11) is 0. The quantitative estimate of drug-likeness (QED) is 0.808. The van der Waals surface area contributed by atoms with E-state index in [2.05, 4.69) is 29.6 Å². The van der Waals surface area contributed by atoms with E-state index in [-0.39, 0.29) is 49.6 Å². The monoisotopic (exact) mass is 342 g/mol. The number of likely N-dealkylation sites (tertiary alicyclic amines) is 1. The normalized spacial score (nSPS) is 23.8. The maximum absolute atomic E-state index is 12.3. The standard InChI is InChI=1S/C20H26N2O3/c23-18(12-13-22-19(24)10-11-20(22)25)21-17-9-5-4-8-16(17)14-15-6-2-1-3-7-15/h1-3,6-7,16-17H,4-5,8-14H2,(H,21,23)/t16-,17+/m1/s1. The lowest BCUT2D eigenvalue weighted by Crippen LogP contribution is -2.44. The van der Waals surface area contributed by atoms with Crippen molar-refractivity contribution in [2.24, 2.45) is 5.92 Å². The van der Waals surface area contributed by atoms with Crippen LogP contribution in [0.2, 0.25) is 0 Å². The van der Waals surface area contributed by atoms with Gasteiger partial charge in [-0.2, -0.15) is 0 Å². The van der Waals surface area contributed by atoms with Crippen LogP contribution in [0.25, 0.3) is 0 Å². The van der Waals surface area contributed by atoms with Crippen LogP contribution < -0.4 is 5.32 Å². The SMILES string of the molecule is O=C(CCN1C(=O)CCC1=O)N[C@H]1CCCC[C@@H]1Cc1ccccc1. The molecule has 3 rings (SSSR count). The highest BCUT2D eigenvalue weighted by Gasteiger charge is 2.30. The summed E-state index contributed by atoms with van der Waals surface area (Å²) in [5, 5.41) is 3.15. The molecule has 2 fully saturated rings. The maximum atomic E-state index is 12.3. The van der Waals surface area contributed by atoms with Gasteiger partial charge in [0.25, 0.3) is 0 Å². The summed E-state index contributed by atoms with van der Waals surface area (Å²) < 4.78 is 0. The molecule has 1 N–H and O–H groups in total. The first-order valence-corrected chi connectivity index (χ1v) is 9.30. The fourth-order valence-electron chi connectivity index (χ4n) is 3.92. The zero-order valence-electron chi connectivity index (χ0n) is 14.6. The second-order valence-corrected chi connectivity index (χ2v) is 7.10. The average Bonchev–Trinajstić information content (AvgIpc) is 2.94.